The van der Waals surface area contributed by atoms with Crippen LogP contribution >= 0.6 is 0 Å². The Kier molecular flexibility index (Phi) is 5.76. The van der Waals surface area contributed by atoms with Crippen molar-refractivity contribution in [2.45, 2.75) is 33.0 Å². The zero-order valence-electron chi connectivity index (χ0n) is 9.26. The first-order valence-corrected chi connectivity index (χ1v) is 4.43. The molecule has 90 valence electrons. The van der Waals surface area contributed by atoms with Crippen molar-refractivity contribution >= 4 is 24.6 Å². The van der Waals surface area contributed by atoms with E-state index in [1.54, 1.807) is 0 Å². The molecule has 2 atom stereocenters. The minimum Gasteiger partial charge on any atom is -0.451 e. The van der Waals surface area contributed by atoms with E-state index in [0.29, 0.717) is 0 Å². The van der Waals surface area contributed by atoms with Crippen LogP contribution in [-0.2, 0) is 28.7 Å². The van der Waals surface area contributed by atoms with Crippen molar-refractivity contribution in [3.05, 3.63) is 0 Å². The quantitative estimate of drug-likeness (QED) is 0.287. The van der Waals surface area contributed by atoms with Gasteiger partial charge in [-0.25, -0.2) is 9.59 Å². The molecule has 0 aromatic heterocycles. The molecule has 0 aliphatic rings. The van der Waals surface area contributed by atoms with Crippen LogP contribution in [0.25, 0.3) is 0 Å². The van der Waals surface area contributed by atoms with Gasteiger partial charge in [-0.1, -0.05) is 5.16 Å². The summed E-state index contributed by atoms with van der Waals surface area (Å²) in [4.78, 5) is 36.9. The maximum Gasteiger partial charge on any atom is 0.374 e. The molecule has 0 fully saturated rings. The molecule has 0 radical (unpaired) electrons. The van der Waals surface area contributed by atoms with E-state index >= 15 is 0 Å². The van der Waals surface area contributed by atoms with E-state index in [2.05, 4.69) is 26.2 Å². The minimum absolute atomic E-state index is 0.618. The molecular formula is C9H13NO6. The molecule has 0 saturated carbocycles. The Labute approximate surface area is 92.3 Å². The Morgan fingerprint density at radius 3 is 2.00 bits per heavy atom. The van der Waals surface area contributed by atoms with Crippen molar-refractivity contribution in [3.63, 3.8) is 0 Å². The normalized spacial score (nSPS) is 13.2. The maximum absolute atomic E-state index is 11.2. The first kappa shape index (κ1) is 14.1. The van der Waals surface area contributed by atoms with Crippen LogP contribution in [0.1, 0.15) is 20.8 Å². The van der Waals surface area contributed by atoms with Crippen LogP contribution in [0.4, 0.5) is 0 Å². The number of rotatable bonds is 5. The van der Waals surface area contributed by atoms with Gasteiger partial charge in [0.25, 0.3) is 0 Å². The first-order valence-electron chi connectivity index (χ1n) is 4.43. The van der Waals surface area contributed by atoms with Crippen molar-refractivity contribution < 1.29 is 28.7 Å². The second kappa shape index (κ2) is 6.54. The van der Waals surface area contributed by atoms with Gasteiger partial charge < -0.3 is 14.3 Å². The highest BCUT2D eigenvalue weighted by molar-refractivity contribution is 5.82. The number of nitrogens with zero attached hydrogens (tertiary/aromatic N) is 1. The van der Waals surface area contributed by atoms with Crippen LogP contribution in [0.3, 0.4) is 0 Å². The van der Waals surface area contributed by atoms with Gasteiger partial charge in [0.2, 0.25) is 0 Å². The standard InChI is InChI=1S/C9H13NO6/c1-5(14-7(3)11)8(12)15-6(2)9(13)16-10-4/h5-6H,4H2,1-3H3. The number of hydrogen-bond donors (Lipinski definition) is 0. The van der Waals surface area contributed by atoms with Gasteiger partial charge in [0.15, 0.2) is 12.2 Å². The minimum atomic E-state index is -1.14. The molecule has 16 heavy (non-hydrogen) atoms. The molecule has 0 spiro atoms. The fourth-order valence-corrected chi connectivity index (χ4v) is 0.753. The molecule has 0 aliphatic heterocycles. The van der Waals surface area contributed by atoms with E-state index in [1.807, 2.05) is 0 Å². The molecule has 0 rings (SSSR count). The Bertz CT molecular complexity index is 300. The Hall–Kier alpha value is -1.92. The summed E-state index contributed by atoms with van der Waals surface area (Å²) in [7, 11) is 0. The second-order valence-corrected chi connectivity index (χ2v) is 2.87. The number of hydrogen-bond acceptors (Lipinski definition) is 7. The van der Waals surface area contributed by atoms with Crippen LogP contribution in [0, 0.1) is 0 Å². The topological polar surface area (TPSA) is 91.3 Å². The third-order valence-electron chi connectivity index (χ3n) is 1.45. The van der Waals surface area contributed by atoms with Gasteiger partial charge in [-0.3, -0.25) is 4.79 Å². The Morgan fingerprint density at radius 2 is 1.56 bits per heavy atom. The molecule has 0 bridgehead atoms. The fraction of sp³-hybridized carbons (Fsp3) is 0.556. The number of ether oxygens (including phenoxy) is 2. The van der Waals surface area contributed by atoms with E-state index in [0.717, 1.165) is 6.92 Å². The smallest absolute Gasteiger partial charge is 0.374 e. The zero-order valence-corrected chi connectivity index (χ0v) is 9.26. The Morgan fingerprint density at radius 1 is 1.06 bits per heavy atom. The average Bonchev–Trinajstić information content (AvgIpc) is 2.16. The molecule has 0 aliphatic carbocycles. The SMILES string of the molecule is C=NOC(=O)C(C)OC(=O)C(C)OC(C)=O. The summed E-state index contributed by atoms with van der Waals surface area (Å²) in [5.74, 6) is -2.32. The van der Waals surface area contributed by atoms with Gasteiger partial charge in [0.05, 0.1) is 0 Å². The van der Waals surface area contributed by atoms with Crippen molar-refractivity contribution in [1.82, 2.24) is 0 Å². The number of esters is 2. The molecule has 0 N–H and O–H groups in total. The highest BCUT2D eigenvalue weighted by Crippen LogP contribution is 2.01. The monoisotopic (exact) mass is 231 g/mol. The molecule has 0 aromatic carbocycles. The molecule has 7 nitrogen and oxygen atoms in total. The van der Waals surface area contributed by atoms with Gasteiger partial charge in [-0.15, -0.1) is 0 Å². The van der Waals surface area contributed by atoms with Crippen LogP contribution < -0.4 is 0 Å². The van der Waals surface area contributed by atoms with E-state index in [9.17, 15) is 14.4 Å². The van der Waals surface area contributed by atoms with Crippen LogP contribution in [-0.4, -0.2) is 36.8 Å². The molecule has 0 amide bonds. The molecule has 0 saturated heterocycles. The summed E-state index contributed by atoms with van der Waals surface area (Å²) in [5.41, 5.74) is 0. The average molecular weight is 231 g/mol. The zero-order chi connectivity index (χ0) is 12.7. The first-order chi connectivity index (χ1) is 7.38. The lowest BCUT2D eigenvalue weighted by molar-refractivity contribution is -0.176. The predicted molar refractivity (Wildman–Crippen MR) is 52.4 cm³/mol. The summed E-state index contributed by atoms with van der Waals surface area (Å²) in [6.07, 6.45) is -2.22. The number of oxime groups is 1. The van der Waals surface area contributed by atoms with Crippen molar-refractivity contribution in [2.24, 2.45) is 5.16 Å². The lowest BCUT2D eigenvalue weighted by Crippen LogP contribution is -2.32. The number of carbonyl (C=O) groups is 3. The molecule has 2 unspecified atom stereocenters. The lowest BCUT2D eigenvalue weighted by atomic mass is 10.4. The van der Waals surface area contributed by atoms with Crippen LogP contribution in [0.2, 0.25) is 0 Å². The lowest BCUT2D eigenvalue weighted by Gasteiger charge is -2.14. The van der Waals surface area contributed by atoms with Gasteiger partial charge in [-0.05, 0) is 13.8 Å². The van der Waals surface area contributed by atoms with E-state index in [1.165, 1.54) is 13.8 Å². The van der Waals surface area contributed by atoms with E-state index < -0.39 is 30.1 Å². The third-order valence-corrected chi connectivity index (χ3v) is 1.45. The summed E-state index contributed by atoms with van der Waals surface area (Å²) in [5, 5.41) is 2.88. The van der Waals surface area contributed by atoms with Crippen molar-refractivity contribution in [3.8, 4) is 0 Å². The highest BCUT2D eigenvalue weighted by Gasteiger charge is 2.24. The largest absolute Gasteiger partial charge is 0.451 e. The van der Waals surface area contributed by atoms with Crippen LogP contribution in [0.15, 0.2) is 5.16 Å². The molecule has 0 heterocycles. The fourth-order valence-electron chi connectivity index (χ4n) is 0.753. The summed E-state index contributed by atoms with van der Waals surface area (Å²) in [6, 6.07) is 0. The van der Waals surface area contributed by atoms with Crippen molar-refractivity contribution in [2.75, 3.05) is 0 Å². The van der Waals surface area contributed by atoms with Gasteiger partial charge in [0.1, 0.15) is 0 Å². The van der Waals surface area contributed by atoms with Gasteiger partial charge in [-0.2, -0.15) is 0 Å². The highest BCUT2D eigenvalue weighted by atomic mass is 16.7. The summed E-state index contributed by atoms with van der Waals surface area (Å²) < 4.78 is 9.20. The maximum atomic E-state index is 11.2. The van der Waals surface area contributed by atoms with E-state index in [4.69, 9.17) is 0 Å². The van der Waals surface area contributed by atoms with Gasteiger partial charge in [0, 0.05) is 13.6 Å². The molecule has 0 aromatic rings. The molecule has 7 heteroatoms. The second-order valence-electron chi connectivity index (χ2n) is 2.87. The third kappa shape index (κ3) is 5.08. The van der Waals surface area contributed by atoms with Crippen molar-refractivity contribution in [1.29, 1.82) is 0 Å². The number of carbonyl (C=O) groups excluding carboxylic acids is 3. The summed E-state index contributed by atoms with van der Waals surface area (Å²) >= 11 is 0. The van der Waals surface area contributed by atoms with Crippen LogP contribution in [0.5, 0.6) is 0 Å². The van der Waals surface area contributed by atoms with Gasteiger partial charge >= 0.3 is 17.9 Å². The van der Waals surface area contributed by atoms with E-state index in [-0.39, 0.29) is 0 Å². The summed E-state index contributed by atoms with van der Waals surface area (Å²) in [6.45, 7) is 6.71. The Balaban J connectivity index is 4.17. The molecular weight excluding hydrogens is 218 g/mol. The predicted octanol–water partition coefficient (Wildman–Crippen LogP) is 0.0285.